The van der Waals surface area contributed by atoms with E-state index in [0.29, 0.717) is 40.5 Å². The minimum atomic E-state index is -0.969. The minimum absolute atomic E-state index is 0.0222. The first-order valence-electron chi connectivity index (χ1n) is 25.5. The molecule has 2 aliphatic heterocycles. The molecule has 2 amide bonds. The third kappa shape index (κ3) is 10.8. The Kier molecular flexibility index (Phi) is 15.8. The van der Waals surface area contributed by atoms with Crippen molar-refractivity contribution < 1.29 is 29.1 Å². The van der Waals surface area contributed by atoms with Gasteiger partial charge in [-0.2, -0.15) is 10.2 Å². The number of β-amino-alcohol motifs (C(OH)–C–C–N with tert-alkyl or cyclic N) is 1. The predicted molar refractivity (Wildman–Crippen MR) is 280 cm³/mol. The molecule has 392 valence electrons. The zero-order chi connectivity index (χ0) is 52.4. The molecule has 7 heterocycles. The highest BCUT2D eigenvalue weighted by molar-refractivity contribution is 7.16. The van der Waals surface area contributed by atoms with Crippen LogP contribution in [0.4, 0.5) is 10.9 Å². The van der Waals surface area contributed by atoms with Crippen LogP contribution in [0, 0.1) is 30.1 Å². The number of anilines is 2. The van der Waals surface area contributed by atoms with Gasteiger partial charge in [-0.1, -0.05) is 67.4 Å². The third-order valence-electron chi connectivity index (χ3n) is 14.7. The van der Waals surface area contributed by atoms with Crippen molar-refractivity contribution in [2.45, 2.75) is 129 Å². The van der Waals surface area contributed by atoms with Crippen molar-refractivity contribution in [2.24, 2.45) is 11.8 Å². The number of aryl methyl sites for hydroxylation is 2. The monoisotopic (exact) mass is 1050 g/mol. The highest BCUT2D eigenvalue weighted by Crippen LogP contribution is 2.48. The van der Waals surface area contributed by atoms with Gasteiger partial charge in [0.2, 0.25) is 29.5 Å². The number of amides is 2. The van der Waals surface area contributed by atoms with E-state index in [4.69, 9.17) is 25.0 Å². The molecule has 74 heavy (non-hydrogen) atoms. The largest absolute Gasteiger partial charge is 0.475 e. The summed E-state index contributed by atoms with van der Waals surface area (Å²) in [6, 6.07) is 9.35. The van der Waals surface area contributed by atoms with Crippen LogP contribution in [0.1, 0.15) is 119 Å². The molecule has 22 heteroatoms. The fraction of sp³-hybridized carbons (Fsp3) is 0.538. The number of nitrogens with zero attached hydrogens (tertiary/aromatic N) is 12. The Bertz CT molecular complexity index is 2960. The molecule has 5 aromatic heterocycles. The van der Waals surface area contributed by atoms with E-state index >= 15 is 0 Å². The van der Waals surface area contributed by atoms with Crippen molar-refractivity contribution in [1.29, 1.82) is 5.26 Å². The quantitative estimate of drug-likeness (QED) is 0.0751. The van der Waals surface area contributed by atoms with Crippen molar-refractivity contribution in [3.8, 4) is 33.9 Å². The number of carbonyl (C=O) groups excluding carboxylic acids is 2. The number of nitrogens with one attached hydrogen (secondary N) is 1. The lowest BCUT2D eigenvalue weighted by molar-refractivity contribution is -0.143. The minimum Gasteiger partial charge on any atom is -0.475 e. The van der Waals surface area contributed by atoms with Gasteiger partial charge in [0, 0.05) is 55.3 Å². The highest BCUT2D eigenvalue weighted by atomic mass is 32.1. The summed E-state index contributed by atoms with van der Waals surface area (Å²) in [4.78, 5) is 55.6. The third-order valence-corrected chi connectivity index (χ3v) is 16.8. The zero-order valence-electron chi connectivity index (χ0n) is 43.0. The Hall–Kier alpha value is -6.38. The fourth-order valence-electron chi connectivity index (χ4n) is 10.7. The van der Waals surface area contributed by atoms with Gasteiger partial charge >= 0.3 is 0 Å². The fourth-order valence-corrected chi connectivity index (χ4v) is 12.8. The lowest BCUT2D eigenvalue weighted by atomic mass is 9.72. The first kappa shape index (κ1) is 52.5. The van der Waals surface area contributed by atoms with Gasteiger partial charge in [0.05, 0.1) is 58.1 Å². The number of fused-ring (bicyclic) bond motifs is 1. The number of thiophene rings is 1. The topological polar surface area (TPSA) is 264 Å². The number of likely N-dealkylation sites (tertiary alicyclic amines) is 1. The van der Waals surface area contributed by atoms with Gasteiger partial charge in [0.25, 0.3) is 5.88 Å². The number of carbonyl (C=O) groups is 2. The molecule has 9 rings (SSSR count). The maximum atomic E-state index is 14.5. The Labute approximate surface area is 439 Å². The number of aliphatic hydroxyl groups excluding tert-OH is 2. The zero-order valence-corrected chi connectivity index (χ0v) is 44.6. The number of nitriles is 1. The first-order chi connectivity index (χ1) is 35.5. The van der Waals surface area contributed by atoms with Gasteiger partial charge in [-0.15, -0.1) is 22.7 Å². The number of rotatable bonds is 17. The molecule has 1 aliphatic carbocycles. The van der Waals surface area contributed by atoms with Crippen LogP contribution in [0.2, 0.25) is 0 Å². The van der Waals surface area contributed by atoms with Crippen LogP contribution in [0.3, 0.4) is 0 Å². The van der Waals surface area contributed by atoms with E-state index in [1.807, 2.05) is 65.8 Å². The van der Waals surface area contributed by atoms with E-state index in [1.165, 1.54) is 20.9 Å². The number of hydrogen-bond donors (Lipinski definition) is 4. The van der Waals surface area contributed by atoms with Crippen LogP contribution in [0.5, 0.6) is 5.88 Å². The summed E-state index contributed by atoms with van der Waals surface area (Å²) >= 11 is 3.02. The van der Waals surface area contributed by atoms with E-state index in [0.717, 1.165) is 90.4 Å². The number of thiazole rings is 1. The molecular weight excluding hydrogens is 981 g/mol. The Morgan fingerprint density at radius 3 is 2.61 bits per heavy atom. The van der Waals surface area contributed by atoms with Crippen molar-refractivity contribution >= 4 is 45.4 Å². The highest BCUT2D eigenvalue weighted by Gasteiger charge is 2.45. The average Bonchev–Trinajstić information content (AvgIpc) is 4.25. The van der Waals surface area contributed by atoms with Crippen LogP contribution < -0.4 is 20.7 Å². The van der Waals surface area contributed by atoms with Crippen LogP contribution in [0.15, 0.2) is 52.8 Å². The van der Waals surface area contributed by atoms with Gasteiger partial charge < -0.3 is 45.2 Å². The first-order valence-corrected chi connectivity index (χ1v) is 27.2. The molecule has 5 N–H and O–H groups in total. The summed E-state index contributed by atoms with van der Waals surface area (Å²) < 4.78 is 13.5. The number of nitrogens with two attached hydrogens (primary N) is 1. The van der Waals surface area contributed by atoms with Gasteiger partial charge in [-0.3, -0.25) is 9.59 Å². The second kappa shape index (κ2) is 22.2. The molecule has 20 nitrogen and oxygen atoms in total. The van der Waals surface area contributed by atoms with Crippen LogP contribution >= 0.6 is 22.7 Å². The SMILES string of the molecule is Cc1ncsc1-c1ccc([C@@H](NC(=O)[C@@H]2C[C@@H](O)CN2C(=O)[C@@H](C(C)C)n2cc(OCCCN3CCCN(c4nccc(-c5noc([C@@]6(C)CCCc7sc(N)c(C#N)c76)n5)n4)[C@@H](C)C3)nn2)[C@H](O)C(C)C)cc1. The average molecular weight is 1050 g/mol. The summed E-state index contributed by atoms with van der Waals surface area (Å²) in [7, 11) is 0. The molecule has 2 saturated heterocycles. The molecule has 3 aliphatic rings. The molecule has 6 aromatic rings. The molecule has 0 spiro atoms. The molecule has 0 bridgehead atoms. The van der Waals surface area contributed by atoms with E-state index in [2.05, 4.69) is 53.5 Å². The second-order valence-corrected chi connectivity index (χ2v) is 22.7. The molecule has 0 radical (unpaired) electrons. The number of benzene rings is 1. The Balaban J connectivity index is 0.787. The molecule has 2 fully saturated rings. The Morgan fingerprint density at radius 1 is 1.08 bits per heavy atom. The summed E-state index contributed by atoms with van der Waals surface area (Å²) in [6.45, 7) is 17.3. The second-order valence-electron chi connectivity index (χ2n) is 20.7. The van der Waals surface area contributed by atoms with Gasteiger partial charge in [-0.05, 0) is 88.4 Å². The van der Waals surface area contributed by atoms with Gasteiger partial charge in [0.15, 0.2) is 0 Å². The van der Waals surface area contributed by atoms with E-state index in [9.17, 15) is 25.1 Å². The summed E-state index contributed by atoms with van der Waals surface area (Å²) in [5, 5.41) is 48.7. The van der Waals surface area contributed by atoms with E-state index < -0.39 is 41.7 Å². The number of aliphatic hydroxyl groups is 2. The lowest BCUT2D eigenvalue weighted by Crippen LogP contribution is -2.51. The van der Waals surface area contributed by atoms with Crippen molar-refractivity contribution in [3.05, 3.63) is 81.4 Å². The van der Waals surface area contributed by atoms with Gasteiger partial charge in [-0.25, -0.2) is 19.6 Å². The summed E-state index contributed by atoms with van der Waals surface area (Å²) in [5.41, 5.74) is 12.0. The normalized spacial score (nSPS) is 21.6. The molecular formula is C52H66N14O6S2. The number of ether oxygens (including phenoxy) is 1. The van der Waals surface area contributed by atoms with Crippen LogP contribution in [0.25, 0.3) is 22.0 Å². The van der Waals surface area contributed by atoms with Crippen molar-refractivity contribution in [2.75, 3.05) is 50.0 Å². The maximum absolute atomic E-state index is 14.5. The lowest BCUT2D eigenvalue weighted by Gasteiger charge is -2.32. The standard InChI is InChI=1S/C52H66N14O6S2/c1-29(2)43(49(70)65-26-35(67)23-38(65)48(69)58-42(44(68)30(3)4)33-12-14-34(15-13-33)45-32(6)56-28-73-45)66-27-40(60-62-66)71-22-10-20-63-19-9-21-64(31(5)25-63)51-55-18-16-37(57-51)47-59-50(72-61-47)52(7)17-8-11-39-41(52)36(24-53)46(54)74-39/h12-16,18,27-31,35,38,42-44,67-68H,8-11,17,19-23,25-26,54H2,1-7H3,(H,58,69)/t31-,35+,38-,42+,43+,44+,52-/m0/s1. The number of aromatic nitrogens is 8. The molecule has 0 unspecified atom stereocenters. The van der Waals surface area contributed by atoms with Crippen molar-refractivity contribution in [3.63, 3.8) is 0 Å². The van der Waals surface area contributed by atoms with Crippen molar-refractivity contribution in [1.82, 2.24) is 55.2 Å². The summed E-state index contributed by atoms with van der Waals surface area (Å²) in [5.74, 6) is 0.421. The number of nitrogen functional groups attached to an aromatic ring is 1. The van der Waals surface area contributed by atoms with Crippen LogP contribution in [-0.2, 0) is 21.4 Å². The molecule has 1 aromatic carbocycles. The Morgan fingerprint density at radius 2 is 1.88 bits per heavy atom. The van der Waals surface area contributed by atoms with E-state index in [1.54, 1.807) is 35.3 Å². The molecule has 0 saturated carbocycles. The molecule has 7 atom stereocenters. The maximum Gasteiger partial charge on any atom is 0.253 e. The smallest absolute Gasteiger partial charge is 0.253 e. The van der Waals surface area contributed by atoms with E-state index in [-0.39, 0.29) is 42.6 Å². The van der Waals surface area contributed by atoms with Gasteiger partial charge in [0.1, 0.15) is 28.8 Å². The predicted octanol–water partition coefficient (Wildman–Crippen LogP) is 6.11. The summed E-state index contributed by atoms with van der Waals surface area (Å²) in [6.07, 6.45) is 5.73. The number of hydrogen-bond acceptors (Lipinski definition) is 19. The van der Waals surface area contributed by atoms with Crippen LogP contribution in [-0.4, -0.2) is 136 Å².